The zero-order valence-corrected chi connectivity index (χ0v) is 8.30. The fraction of sp³-hybridized carbons (Fsp3) is 0.100. The maximum Gasteiger partial charge on any atom is 0.114 e. The SMILES string of the molecule is C#C/C(=N\C)c1cccc(Br)c1. The van der Waals surface area contributed by atoms with Gasteiger partial charge in [0.25, 0.3) is 0 Å². The zero-order chi connectivity index (χ0) is 8.97. The molecular formula is C10H8BrN. The van der Waals surface area contributed by atoms with Crippen LogP contribution in [0.15, 0.2) is 33.7 Å². The van der Waals surface area contributed by atoms with Gasteiger partial charge in [0.2, 0.25) is 0 Å². The van der Waals surface area contributed by atoms with E-state index in [2.05, 4.69) is 26.8 Å². The van der Waals surface area contributed by atoms with Gasteiger partial charge in [-0.15, -0.1) is 6.42 Å². The summed E-state index contributed by atoms with van der Waals surface area (Å²) in [5, 5.41) is 0. The van der Waals surface area contributed by atoms with Gasteiger partial charge in [0.15, 0.2) is 0 Å². The number of nitrogens with zero attached hydrogens (tertiary/aromatic N) is 1. The van der Waals surface area contributed by atoms with Crippen molar-refractivity contribution < 1.29 is 0 Å². The average Bonchev–Trinajstić information content (AvgIpc) is 2.07. The number of rotatable bonds is 1. The number of halogens is 1. The third-order valence-corrected chi connectivity index (χ3v) is 1.95. The average molecular weight is 222 g/mol. The Morgan fingerprint density at radius 1 is 1.58 bits per heavy atom. The maximum atomic E-state index is 5.27. The van der Waals surface area contributed by atoms with Crippen molar-refractivity contribution >= 4 is 21.6 Å². The highest BCUT2D eigenvalue weighted by molar-refractivity contribution is 9.10. The first-order valence-corrected chi connectivity index (χ1v) is 4.26. The summed E-state index contributed by atoms with van der Waals surface area (Å²) in [6, 6.07) is 7.77. The summed E-state index contributed by atoms with van der Waals surface area (Å²) in [6.45, 7) is 0. The molecule has 0 amide bonds. The molecule has 0 aliphatic rings. The molecule has 1 aromatic carbocycles. The predicted molar refractivity (Wildman–Crippen MR) is 55.4 cm³/mol. The highest BCUT2D eigenvalue weighted by Crippen LogP contribution is 2.12. The summed E-state index contributed by atoms with van der Waals surface area (Å²) < 4.78 is 1.01. The molecule has 0 fully saturated rings. The Kier molecular flexibility index (Phi) is 3.07. The summed E-state index contributed by atoms with van der Waals surface area (Å²) in [4.78, 5) is 3.98. The Labute approximate surface area is 80.7 Å². The number of hydrogen-bond donors (Lipinski definition) is 0. The van der Waals surface area contributed by atoms with Crippen molar-refractivity contribution in [2.24, 2.45) is 4.99 Å². The fourth-order valence-corrected chi connectivity index (χ4v) is 1.31. The molecule has 0 saturated carbocycles. The Morgan fingerprint density at radius 3 is 2.83 bits per heavy atom. The largest absolute Gasteiger partial charge is 0.279 e. The molecule has 0 atom stereocenters. The van der Waals surface area contributed by atoms with E-state index in [1.165, 1.54) is 0 Å². The van der Waals surface area contributed by atoms with Crippen LogP contribution in [-0.2, 0) is 0 Å². The lowest BCUT2D eigenvalue weighted by molar-refractivity contribution is 1.44. The van der Waals surface area contributed by atoms with Gasteiger partial charge in [0.1, 0.15) is 5.71 Å². The molecule has 0 aliphatic carbocycles. The second-order valence-electron chi connectivity index (χ2n) is 2.23. The van der Waals surface area contributed by atoms with Gasteiger partial charge in [-0.05, 0) is 12.1 Å². The van der Waals surface area contributed by atoms with Crippen molar-refractivity contribution in [3.8, 4) is 12.3 Å². The highest BCUT2D eigenvalue weighted by atomic mass is 79.9. The molecule has 60 valence electrons. The standard InChI is InChI=1S/C10H8BrN/c1-3-10(12-2)8-5-4-6-9(11)7-8/h1,4-7H,2H3/b12-10+. The van der Waals surface area contributed by atoms with E-state index >= 15 is 0 Å². The Morgan fingerprint density at radius 2 is 2.33 bits per heavy atom. The van der Waals surface area contributed by atoms with Gasteiger partial charge in [-0.1, -0.05) is 34.0 Å². The van der Waals surface area contributed by atoms with Crippen LogP contribution < -0.4 is 0 Å². The minimum Gasteiger partial charge on any atom is -0.279 e. The van der Waals surface area contributed by atoms with Crippen molar-refractivity contribution in [2.45, 2.75) is 0 Å². The van der Waals surface area contributed by atoms with E-state index in [4.69, 9.17) is 6.42 Å². The van der Waals surface area contributed by atoms with E-state index in [0.717, 1.165) is 10.0 Å². The fourth-order valence-electron chi connectivity index (χ4n) is 0.913. The molecule has 0 aromatic heterocycles. The van der Waals surface area contributed by atoms with Crippen LogP contribution >= 0.6 is 15.9 Å². The third kappa shape index (κ3) is 1.96. The molecular weight excluding hydrogens is 214 g/mol. The third-order valence-electron chi connectivity index (χ3n) is 1.46. The molecule has 1 aromatic rings. The molecule has 0 aliphatic heterocycles. The minimum absolute atomic E-state index is 0.677. The molecule has 0 radical (unpaired) electrons. The minimum atomic E-state index is 0.677. The predicted octanol–water partition coefficient (Wildman–Crippen LogP) is 2.50. The Balaban J connectivity index is 3.13. The lowest BCUT2D eigenvalue weighted by Crippen LogP contribution is -1.95. The second kappa shape index (κ2) is 4.08. The summed E-state index contributed by atoms with van der Waals surface area (Å²) in [7, 11) is 1.69. The van der Waals surface area contributed by atoms with Crippen LogP contribution in [0.2, 0.25) is 0 Å². The van der Waals surface area contributed by atoms with Crippen LogP contribution in [0.3, 0.4) is 0 Å². The summed E-state index contributed by atoms with van der Waals surface area (Å²) in [5.74, 6) is 2.52. The van der Waals surface area contributed by atoms with E-state index in [1.807, 2.05) is 24.3 Å². The van der Waals surface area contributed by atoms with Crippen LogP contribution in [0.5, 0.6) is 0 Å². The summed E-state index contributed by atoms with van der Waals surface area (Å²) in [5.41, 5.74) is 1.64. The van der Waals surface area contributed by atoms with Crippen LogP contribution in [0, 0.1) is 12.3 Å². The van der Waals surface area contributed by atoms with Crippen molar-refractivity contribution in [2.75, 3.05) is 7.05 Å². The van der Waals surface area contributed by atoms with Crippen molar-refractivity contribution in [1.29, 1.82) is 0 Å². The Bertz CT molecular complexity index is 347. The lowest BCUT2D eigenvalue weighted by Gasteiger charge is -1.97. The van der Waals surface area contributed by atoms with Gasteiger partial charge < -0.3 is 0 Å². The van der Waals surface area contributed by atoms with Gasteiger partial charge in [-0.3, -0.25) is 4.99 Å². The van der Waals surface area contributed by atoms with E-state index < -0.39 is 0 Å². The number of hydrogen-bond acceptors (Lipinski definition) is 1. The quantitative estimate of drug-likeness (QED) is 0.511. The normalized spacial score (nSPS) is 10.9. The molecule has 1 rings (SSSR count). The van der Waals surface area contributed by atoms with Crippen LogP contribution in [0.25, 0.3) is 0 Å². The van der Waals surface area contributed by atoms with E-state index in [9.17, 15) is 0 Å². The molecule has 12 heavy (non-hydrogen) atoms. The van der Waals surface area contributed by atoms with Gasteiger partial charge in [0, 0.05) is 17.1 Å². The molecule has 2 heteroatoms. The van der Waals surface area contributed by atoms with E-state index in [1.54, 1.807) is 7.05 Å². The first-order chi connectivity index (χ1) is 5.77. The topological polar surface area (TPSA) is 12.4 Å². The zero-order valence-electron chi connectivity index (χ0n) is 6.71. The van der Waals surface area contributed by atoms with Gasteiger partial charge in [-0.25, -0.2) is 0 Å². The maximum absolute atomic E-state index is 5.27. The van der Waals surface area contributed by atoms with Gasteiger partial charge in [-0.2, -0.15) is 0 Å². The summed E-state index contributed by atoms with van der Waals surface area (Å²) in [6.07, 6.45) is 5.27. The monoisotopic (exact) mass is 221 g/mol. The van der Waals surface area contributed by atoms with E-state index in [0.29, 0.717) is 5.71 Å². The molecule has 0 bridgehead atoms. The molecule has 0 heterocycles. The number of aliphatic imine (C=N–C) groups is 1. The molecule has 0 spiro atoms. The second-order valence-corrected chi connectivity index (χ2v) is 3.14. The Hall–Kier alpha value is -1.07. The molecule has 0 saturated heterocycles. The van der Waals surface area contributed by atoms with Crippen molar-refractivity contribution in [3.63, 3.8) is 0 Å². The lowest BCUT2D eigenvalue weighted by atomic mass is 10.1. The van der Waals surface area contributed by atoms with Crippen molar-refractivity contribution in [3.05, 3.63) is 34.3 Å². The first kappa shape index (κ1) is 9.02. The van der Waals surface area contributed by atoms with Crippen LogP contribution in [-0.4, -0.2) is 12.8 Å². The van der Waals surface area contributed by atoms with Crippen LogP contribution in [0.1, 0.15) is 5.56 Å². The van der Waals surface area contributed by atoms with E-state index in [-0.39, 0.29) is 0 Å². The summed E-state index contributed by atoms with van der Waals surface area (Å²) >= 11 is 3.37. The molecule has 0 N–H and O–H groups in total. The van der Waals surface area contributed by atoms with Gasteiger partial charge >= 0.3 is 0 Å². The number of terminal acetylenes is 1. The van der Waals surface area contributed by atoms with Gasteiger partial charge in [0.05, 0.1) is 0 Å². The molecule has 0 unspecified atom stereocenters. The first-order valence-electron chi connectivity index (χ1n) is 3.47. The smallest absolute Gasteiger partial charge is 0.114 e. The van der Waals surface area contributed by atoms with Crippen molar-refractivity contribution in [1.82, 2.24) is 0 Å². The number of benzene rings is 1. The highest BCUT2D eigenvalue weighted by Gasteiger charge is 1.97. The molecule has 1 nitrogen and oxygen atoms in total. The van der Waals surface area contributed by atoms with Crippen LogP contribution in [0.4, 0.5) is 0 Å².